The summed E-state index contributed by atoms with van der Waals surface area (Å²) in [5, 5.41) is 13.5. The molecule has 0 radical (unpaired) electrons. The van der Waals surface area contributed by atoms with Gasteiger partial charge in [0, 0.05) is 12.8 Å². The maximum atomic E-state index is 11.8. The number of carbonyl (C=O) groups excluding carboxylic acids is 2. The van der Waals surface area contributed by atoms with Crippen LogP contribution in [0.2, 0.25) is 0 Å². The van der Waals surface area contributed by atoms with Crippen LogP contribution in [-0.4, -0.2) is 42.6 Å². The fourth-order valence-electron chi connectivity index (χ4n) is 1.81. The predicted molar refractivity (Wildman–Crippen MR) is 80.5 cm³/mol. The van der Waals surface area contributed by atoms with Crippen LogP contribution in [0.25, 0.3) is 0 Å². The zero-order valence-corrected chi connectivity index (χ0v) is 12.6. The number of hydrogen-bond acceptors (Lipinski definition) is 4. The van der Waals surface area contributed by atoms with Crippen LogP contribution in [0, 0.1) is 0 Å². The van der Waals surface area contributed by atoms with Crippen molar-refractivity contribution in [2.45, 2.75) is 25.9 Å². The lowest BCUT2D eigenvalue weighted by Gasteiger charge is -2.13. The van der Waals surface area contributed by atoms with Gasteiger partial charge in [-0.25, -0.2) is 0 Å². The lowest BCUT2D eigenvalue weighted by Crippen LogP contribution is -2.30. The van der Waals surface area contributed by atoms with Crippen molar-refractivity contribution in [2.75, 3.05) is 19.0 Å². The second kappa shape index (κ2) is 8.78. The van der Waals surface area contributed by atoms with E-state index in [2.05, 4.69) is 10.6 Å². The molecule has 7 heteroatoms. The summed E-state index contributed by atoms with van der Waals surface area (Å²) in [5.74, 6) is -1.68. The van der Waals surface area contributed by atoms with E-state index in [0.29, 0.717) is 12.1 Å². The molecule has 0 saturated heterocycles. The van der Waals surface area contributed by atoms with E-state index in [1.54, 1.807) is 24.3 Å². The van der Waals surface area contributed by atoms with Gasteiger partial charge in [0.1, 0.15) is 12.6 Å². The molecule has 120 valence electrons. The summed E-state index contributed by atoms with van der Waals surface area (Å²) in [6, 6.07) is 6.76. The van der Waals surface area contributed by atoms with E-state index in [1.807, 2.05) is 6.92 Å². The number of hydrogen-bond donors (Lipinski definition) is 3. The standard InChI is InChI=1S/C15H20N2O5/c1-3-12(22-2)15(21)17-11-6-4-10(5-7-11)8-13(18)16-9-14(19)20/h4-7,12H,3,8-9H2,1-2H3,(H,16,18)(H,17,21)(H,19,20). The smallest absolute Gasteiger partial charge is 0.322 e. The molecule has 0 aromatic heterocycles. The molecule has 0 aliphatic carbocycles. The molecular weight excluding hydrogens is 288 g/mol. The number of ether oxygens (including phenoxy) is 1. The summed E-state index contributed by atoms with van der Waals surface area (Å²) in [5.41, 5.74) is 1.33. The first-order chi connectivity index (χ1) is 10.5. The van der Waals surface area contributed by atoms with Crippen LogP contribution in [0.5, 0.6) is 0 Å². The zero-order valence-electron chi connectivity index (χ0n) is 12.6. The number of anilines is 1. The molecule has 2 amide bonds. The Labute approximate surface area is 128 Å². The Hall–Kier alpha value is -2.41. The van der Waals surface area contributed by atoms with E-state index >= 15 is 0 Å². The van der Waals surface area contributed by atoms with E-state index in [-0.39, 0.29) is 18.2 Å². The van der Waals surface area contributed by atoms with Gasteiger partial charge in [-0.3, -0.25) is 14.4 Å². The topological polar surface area (TPSA) is 105 Å². The van der Waals surface area contributed by atoms with Gasteiger partial charge >= 0.3 is 5.97 Å². The average molecular weight is 308 g/mol. The second-order valence-corrected chi connectivity index (χ2v) is 4.67. The van der Waals surface area contributed by atoms with Gasteiger partial charge < -0.3 is 20.5 Å². The molecule has 0 saturated carbocycles. The molecule has 7 nitrogen and oxygen atoms in total. The van der Waals surface area contributed by atoms with E-state index in [4.69, 9.17) is 9.84 Å². The van der Waals surface area contributed by atoms with Crippen molar-refractivity contribution >= 4 is 23.5 Å². The molecule has 0 aliphatic heterocycles. The van der Waals surface area contributed by atoms with Crippen molar-refractivity contribution in [2.24, 2.45) is 0 Å². The van der Waals surface area contributed by atoms with Crippen molar-refractivity contribution in [3.63, 3.8) is 0 Å². The largest absolute Gasteiger partial charge is 0.480 e. The summed E-state index contributed by atoms with van der Waals surface area (Å²) in [7, 11) is 1.48. The first-order valence-electron chi connectivity index (χ1n) is 6.87. The van der Waals surface area contributed by atoms with Crippen molar-refractivity contribution in [3.8, 4) is 0 Å². The van der Waals surface area contributed by atoms with Gasteiger partial charge in [0.25, 0.3) is 5.91 Å². The highest BCUT2D eigenvalue weighted by molar-refractivity contribution is 5.94. The van der Waals surface area contributed by atoms with Gasteiger partial charge in [-0.1, -0.05) is 19.1 Å². The Morgan fingerprint density at radius 3 is 2.36 bits per heavy atom. The molecule has 1 aromatic rings. The molecule has 3 N–H and O–H groups in total. The van der Waals surface area contributed by atoms with Crippen LogP contribution in [0.15, 0.2) is 24.3 Å². The molecule has 0 spiro atoms. The molecule has 22 heavy (non-hydrogen) atoms. The highest BCUT2D eigenvalue weighted by atomic mass is 16.5. The van der Waals surface area contributed by atoms with Gasteiger partial charge in [-0.15, -0.1) is 0 Å². The minimum Gasteiger partial charge on any atom is -0.480 e. The third-order valence-electron chi connectivity index (χ3n) is 2.97. The monoisotopic (exact) mass is 308 g/mol. The van der Waals surface area contributed by atoms with Gasteiger partial charge in [0.2, 0.25) is 5.91 Å². The van der Waals surface area contributed by atoms with Crippen molar-refractivity contribution in [1.29, 1.82) is 0 Å². The Morgan fingerprint density at radius 1 is 1.23 bits per heavy atom. The molecule has 1 unspecified atom stereocenters. The fraction of sp³-hybridized carbons (Fsp3) is 0.400. The molecule has 1 aromatic carbocycles. The highest BCUT2D eigenvalue weighted by Crippen LogP contribution is 2.11. The lowest BCUT2D eigenvalue weighted by atomic mass is 10.1. The Balaban J connectivity index is 2.54. The van der Waals surface area contributed by atoms with Crippen molar-refractivity contribution in [1.82, 2.24) is 5.32 Å². The minimum atomic E-state index is -1.09. The third-order valence-corrected chi connectivity index (χ3v) is 2.97. The summed E-state index contributed by atoms with van der Waals surface area (Å²) in [6.45, 7) is 1.45. The van der Waals surface area contributed by atoms with Crippen LogP contribution in [0.3, 0.4) is 0 Å². The third kappa shape index (κ3) is 5.92. The van der Waals surface area contributed by atoms with Crippen LogP contribution < -0.4 is 10.6 Å². The van der Waals surface area contributed by atoms with Gasteiger partial charge in [0.15, 0.2) is 0 Å². The summed E-state index contributed by atoms with van der Waals surface area (Å²) < 4.78 is 5.04. The number of methoxy groups -OCH3 is 1. The normalized spacial score (nSPS) is 11.5. The Kier molecular flexibility index (Phi) is 7.04. The Morgan fingerprint density at radius 2 is 1.86 bits per heavy atom. The van der Waals surface area contributed by atoms with E-state index in [0.717, 1.165) is 5.56 Å². The number of carbonyl (C=O) groups is 3. The van der Waals surface area contributed by atoms with E-state index in [1.165, 1.54) is 7.11 Å². The van der Waals surface area contributed by atoms with Crippen molar-refractivity contribution in [3.05, 3.63) is 29.8 Å². The van der Waals surface area contributed by atoms with E-state index < -0.39 is 18.6 Å². The van der Waals surface area contributed by atoms with Gasteiger partial charge in [0.05, 0.1) is 6.42 Å². The van der Waals surface area contributed by atoms with Crippen LogP contribution in [0.4, 0.5) is 5.69 Å². The molecule has 0 bridgehead atoms. The predicted octanol–water partition coefficient (Wildman–Crippen LogP) is 0.793. The number of benzene rings is 1. The maximum absolute atomic E-state index is 11.8. The molecular formula is C15H20N2O5. The van der Waals surface area contributed by atoms with Gasteiger partial charge in [-0.2, -0.15) is 0 Å². The van der Waals surface area contributed by atoms with Crippen molar-refractivity contribution < 1.29 is 24.2 Å². The maximum Gasteiger partial charge on any atom is 0.322 e. The van der Waals surface area contributed by atoms with E-state index in [9.17, 15) is 14.4 Å². The molecule has 0 fully saturated rings. The number of carboxylic acids is 1. The zero-order chi connectivity index (χ0) is 16.5. The minimum absolute atomic E-state index is 0.0805. The number of carboxylic acid groups (broad SMARTS) is 1. The number of nitrogens with one attached hydrogen (secondary N) is 2. The summed E-state index contributed by atoms with van der Waals surface area (Å²) in [6.07, 6.45) is 0.155. The highest BCUT2D eigenvalue weighted by Gasteiger charge is 2.15. The molecule has 1 rings (SSSR count). The molecule has 0 heterocycles. The van der Waals surface area contributed by atoms with Crippen LogP contribution in [0.1, 0.15) is 18.9 Å². The Bertz CT molecular complexity index is 523. The number of aliphatic carboxylic acids is 1. The average Bonchev–Trinajstić information content (AvgIpc) is 2.48. The van der Waals surface area contributed by atoms with Crippen LogP contribution in [-0.2, 0) is 25.5 Å². The first kappa shape index (κ1) is 17.6. The second-order valence-electron chi connectivity index (χ2n) is 4.67. The molecule has 0 aliphatic rings. The first-order valence-corrected chi connectivity index (χ1v) is 6.87. The fourth-order valence-corrected chi connectivity index (χ4v) is 1.81. The lowest BCUT2D eigenvalue weighted by molar-refractivity contribution is -0.137. The quantitative estimate of drug-likeness (QED) is 0.658. The summed E-state index contributed by atoms with van der Waals surface area (Å²) in [4.78, 5) is 33.7. The molecule has 1 atom stereocenters. The van der Waals surface area contributed by atoms with Crippen LogP contribution >= 0.6 is 0 Å². The van der Waals surface area contributed by atoms with Gasteiger partial charge in [-0.05, 0) is 24.1 Å². The SMILES string of the molecule is CCC(OC)C(=O)Nc1ccc(CC(=O)NCC(=O)O)cc1. The number of amides is 2. The summed E-state index contributed by atoms with van der Waals surface area (Å²) >= 11 is 0. The number of rotatable bonds is 8.